The number of benzene rings is 1. The van der Waals surface area contributed by atoms with E-state index in [1.54, 1.807) is 36.4 Å². The molecule has 0 bridgehead atoms. The molecule has 0 saturated heterocycles. The van der Waals surface area contributed by atoms with E-state index in [4.69, 9.17) is 37.2 Å². The molecule has 0 spiro atoms. The van der Waals surface area contributed by atoms with Gasteiger partial charge < -0.3 is 14.0 Å². The van der Waals surface area contributed by atoms with Gasteiger partial charge >= 0.3 is 5.97 Å². The standard InChI is InChI=1S/C19H16Cl2N2O4/c1-11-15(12(2)27-23-11)9-25-14-5-3-13(4-6-14)19(24)26-10-17-16(20)7-8-18(21)22-17/h3-8H,9-10H2,1-2H3. The van der Waals surface area contributed by atoms with Gasteiger partial charge in [-0.1, -0.05) is 28.4 Å². The van der Waals surface area contributed by atoms with Gasteiger partial charge in [-0.3, -0.25) is 0 Å². The summed E-state index contributed by atoms with van der Waals surface area (Å²) in [5, 5.41) is 4.55. The van der Waals surface area contributed by atoms with Gasteiger partial charge in [-0.25, -0.2) is 9.78 Å². The Bertz CT molecular complexity index is 935. The molecule has 27 heavy (non-hydrogen) atoms. The van der Waals surface area contributed by atoms with Gasteiger partial charge in [-0.2, -0.15) is 0 Å². The van der Waals surface area contributed by atoms with Gasteiger partial charge in [-0.15, -0.1) is 0 Å². The van der Waals surface area contributed by atoms with Gasteiger partial charge in [0.2, 0.25) is 0 Å². The number of carbonyl (C=O) groups excluding carboxylic acids is 1. The normalized spacial score (nSPS) is 10.7. The van der Waals surface area contributed by atoms with Crippen LogP contribution in [0.1, 0.15) is 33.1 Å². The first-order valence-corrected chi connectivity index (χ1v) is 8.82. The maximum atomic E-state index is 12.2. The molecule has 0 atom stereocenters. The lowest BCUT2D eigenvalue weighted by Gasteiger charge is -2.08. The Morgan fingerprint density at radius 1 is 1.07 bits per heavy atom. The minimum atomic E-state index is -0.495. The quantitative estimate of drug-likeness (QED) is 0.426. The lowest BCUT2D eigenvalue weighted by molar-refractivity contribution is 0.0468. The summed E-state index contributed by atoms with van der Waals surface area (Å²) >= 11 is 11.8. The summed E-state index contributed by atoms with van der Waals surface area (Å²) in [5.41, 5.74) is 2.49. The number of nitrogens with zero attached hydrogens (tertiary/aromatic N) is 2. The van der Waals surface area contributed by atoms with Crippen LogP contribution < -0.4 is 4.74 Å². The molecule has 0 saturated carbocycles. The van der Waals surface area contributed by atoms with E-state index >= 15 is 0 Å². The maximum absolute atomic E-state index is 12.2. The minimum Gasteiger partial charge on any atom is -0.489 e. The largest absolute Gasteiger partial charge is 0.489 e. The average molecular weight is 407 g/mol. The summed E-state index contributed by atoms with van der Waals surface area (Å²) in [5.74, 6) is 0.845. The molecule has 8 heteroatoms. The van der Waals surface area contributed by atoms with Gasteiger partial charge in [0.15, 0.2) is 0 Å². The summed E-state index contributed by atoms with van der Waals surface area (Å²) in [7, 11) is 0. The average Bonchev–Trinajstić information content (AvgIpc) is 2.98. The lowest BCUT2D eigenvalue weighted by atomic mass is 10.2. The number of esters is 1. The Kier molecular flexibility index (Phi) is 5.98. The van der Waals surface area contributed by atoms with Crippen molar-refractivity contribution in [2.45, 2.75) is 27.1 Å². The molecule has 1 aromatic carbocycles. The first-order chi connectivity index (χ1) is 12.9. The van der Waals surface area contributed by atoms with Crippen LogP contribution in [-0.2, 0) is 18.0 Å². The Morgan fingerprint density at radius 2 is 1.81 bits per heavy atom. The second-order valence-corrected chi connectivity index (χ2v) is 6.55. The summed E-state index contributed by atoms with van der Waals surface area (Å²) < 4.78 is 16.0. The third kappa shape index (κ3) is 4.78. The molecule has 0 aliphatic carbocycles. The van der Waals surface area contributed by atoms with E-state index in [9.17, 15) is 4.79 Å². The van der Waals surface area contributed by atoms with Crippen molar-refractivity contribution in [2.24, 2.45) is 0 Å². The highest BCUT2D eigenvalue weighted by Gasteiger charge is 2.12. The van der Waals surface area contributed by atoms with Crippen LogP contribution in [0.25, 0.3) is 0 Å². The molecule has 0 unspecified atom stereocenters. The van der Waals surface area contributed by atoms with Crippen molar-refractivity contribution in [2.75, 3.05) is 0 Å². The Morgan fingerprint density at radius 3 is 2.48 bits per heavy atom. The Balaban J connectivity index is 1.58. The van der Waals surface area contributed by atoms with E-state index in [-0.39, 0.29) is 11.8 Å². The van der Waals surface area contributed by atoms with E-state index in [0.717, 1.165) is 17.0 Å². The molecule has 0 aliphatic rings. The number of ether oxygens (including phenoxy) is 2. The number of aryl methyl sites for hydroxylation is 2. The summed E-state index contributed by atoms with van der Waals surface area (Å²) in [6.07, 6.45) is 0. The van der Waals surface area contributed by atoms with E-state index in [0.29, 0.717) is 28.6 Å². The molecule has 0 radical (unpaired) electrons. The van der Waals surface area contributed by atoms with Crippen molar-refractivity contribution in [1.82, 2.24) is 10.1 Å². The zero-order valence-electron chi connectivity index (χ0n) is 14.7. The number of carbonyl (C=O) groups is 1. The van der Waals surface area contributed by atoms with Crippen molar-refractivity contribution >= 4 is 29.2 Å². The van der Waals surface area contributed by atoms with Crippen LogP contribution in [0.2, 0.25) is 10.2 Å². The molecule has 0 amide bonds. The van der Waals surface area contributed by atoms with Gasteiger partial charge in [0.25, 0.3) is 0 Å². The van der Waals surface area contributed by atoms with Gasteiger partial charge in [0.1, 0.15) is 29.9 Å². The number of hydrogen-bond acceptors (Lipinski definition) is 6. The fourth-order valence-corrected chi connectivity index (χ4v) is 2.65. The van der Waals surface area contributed by atoms with Crippen LogP contribution in [0.15, 0.2) is 40.9 Å². The third-order valence-corrected chi connectivity index (χ3v) is 4.43. The molecule has 2 heterocycles. The molecule has 140 valence electrons. The Labute approximate surface area is 166 Å². The summed E-state index contributed by atoms with van der Waals surface area (Å²) in [6, 6.07) is 9.80. The van der Waals surface area contributed by atoms with Crippen molar-refractivity contribution in [1.29, 1.82) is 0 Å². The van der Waals surface area contributed by atoms with Gasteiger partial charge in [0, 0.05) is 0 Å². The SMILES string of the molecule is Cc1noc(C)c1COc1ccc(C(=O)OCc2nc(Cl)ccc2Cl)cc1. The van der Waals surface area contributed by atoms with Gasteiger partial charge in [-0.05, 0) is 50.2 Å². The summed E-state index contributed by atoms with van der Waals surface area (Å²) in [6.45, 7) is 3.96. The highest BCUT2D eigenvalue weighted by molar-refractivity contribution is 6.32. The first kappa shape index (κ1) is 19.2. The monoisotopic (exact) mass is 406 g/mol. The molecule has 6 nitrogen and oxygen atoms in total. The molecular formula is C19H16Cl2N2O4. The smallest absolute Gasteiger partial charge is 0.338 e. The highest BCUT2D eigenvalue weighted by atomic mass is 35.5. The number of aromatic nitrogens is 2. The van der Waals surface area contributed by atoms with E-state index in [1.807, 2.05) is 13.8 Å². The van der Waals surface area contributed by atoms with Crippen LogP contribution in [0, 0.1) is 13.8 Å². The molecule has 2 aromatic heterocycles. The molecule has 0 fully saturated rings. The van der Waals surface area contributed by atoms with Crippen LogP contribution >= 0.6 is 23.2 Å². The molecule has 0 aliphatic heterocycles. The predicted octanol–water partition coefficient (Wildman–Crippen LogP) is 4.93. The molecule has 3 rings (SSSR count). The fourth-order valence-electron chi connectivity index (χ4n) is 2.33. The van der Waals surface area contributed by atoms with E-state index in [2.05, 4.69) is 10.1 Å². The zero-order valence-corrected chi connectivity index (χ0v) is 16.2. The third-order valence-electron chi connectivity index (χ3n) is 3.88. The second-order valence-electron chi connectivity index (χ2n) is 5.75. The van der Waals surface area contributed by atoms with Crippen LogP contribution in [-0.4, -0.2) is 16.1 Å². The van der Waals surface area contributed by atoms with E-state index < -0.39 is 5.97 Å². The lowest BCUT2D eigenvalue weighted by Crippen LogP contribution is -2.07. The maximum Gasteiger partial charge on any atom is 0.338 e. The van der Waals surface area contributed by atoms with Crippen molar-refractivity contribution < 1.29 is 18.8 Å². The number of halogens is 2. The van der Waals surface area contributed by atoms with Crippen molar-refractivity contribution in [3.8, 4) is 5.75 Å². The zero-order chi connectivity index (χ0) is 19.4. The van der Waals surface area contributed by atoms with Crippen LogP contribution in [0.3, 0.4) is 0 Å². The number of rotatable bonds is 6. The fraction of sp³-hybridized carbons (Fsp3) is 0.211. The van der Waals surface area contributed by atoms with Crippen LogP contribution in [0.5, 0.6) is 5.75 Å². The number of pyridine rings is 1. The predicted molar refractivity (Wildman–Crippen MR) is 100 cm³/mol. The topological polar surface area (TPSA) is 74.5 Å². The Hall–Kier alpha value is -2.57. The van der Waals surface area contributed by atoms with Crippen LogP contribution in [0.4, 0.5) is 0 Å². The van der Waals surface area contributed by atoms with Crippen molar-refractivity contribution in [3.05, 3.63) is 74.8 Å². The van der Waals surface area contributed by atoms with Gasteiger partial charge in [0.05, 0.1) is 27.5 Å². The van der Waals surface area contributed by atoms with E-state index in [1.165, 1.54) is 0 Å². The summed E-state index contributed by atoms with van der Waals surface area (Å²) in [4.78, 5) is 16.2. The molecular weight excluding hydrogens is 391 g/mol. The highest BCUT2D eigenvalue weighted by Crippen LogP contribution is 2.20. The number of hydrogen-bond donors (Lipinski definition) is 0. The first-order valence-electron chi connectivity index (χ1n) is 8.06. The van der Waals surface area contributed by atoms with Crippen molar-refractivity contribution in [3.63, 3.8) is 0 Å². The molecule has 3 aromatic rings. The second kappa shape index (κ2) is 8.41. The minimum absolute atomic E-state index is 0.0669. The molecule has 0 N–H and O–H groups in total.